The highest BCUT2D eigenvalue weighted by Crippen LogP contribution is 2.11. The van der Waals surface area contributed by atoms with Crippen molar-refractivity contribution in [1.29, 1.82) is 0 Å². The van der Waals surface area contributed by atoms with Crippen molar-refractivity contribution in [2.75, 3.05) is 31.7 Å². The standard InChI is InChI=1S/C12H15N3O2/c1-2-11-13-4-5-15(11)12(3-1)14-8-10-9-16-6-7-17-10/h1-5,10,14H,6-9H2. The Labute approximate surface area is 99.4 Å². The van der Waals surface area contributed by atoms with Gasteiger partial charge in [0.15, 0.2) is 0 Å². The fourth-order valence-corrected chi connectivity index (χ4v) is 1.96. The maximum absolute atomic E-state index is 5.58. The summed E-state index contributed by atoms with van der Waals surface area (Å²) >= 11 is 0. The topological polar surface area (TPSA) is 47.8 Å². The molecule has 5 heteroatoms. The molecule has 17 heavy (non-hydrogen) atoms. The summed E-state index contributed by atoms with van der Waals surface area (Å²) in [7, 11) is 0. The van der Waals surface area contributed by atoms with E-state index in [1.807, 2.05) is 28.8 Å². The predicted octanol–water partition coefficient (Wildman–Crippen LogP) is 1.16. The van der Waals surface area contributed by atoms with Crippen LogP contribution in [0.15, 0.2) is 30.6 Å². The first kappa shape index (κ1) is 10.6. The zero-order valence-corrected chi connectivity index (χ0v) is 9.50. The Morgan fingerprint density at radius 2 is 2.41 bits per heavy atom. The van der Waals surface area contributed by atoms with E-state index in [1.54, 1.807) is 6.20 Å². The number of imidazole rings is 1. The molecule has 2 aromatic rings. The van der Waals surface area contributed by atoms with Crippen LogP contribution in [0.5, 0.6) is 0 Å². The molecule has 1 aliphatic rings. The fraction of sp³-hybridized carbons (Fsp3) is 0.417. The fourth-order valence-electron chi connectivity index (χ4n) is 1.96. The highest BCUT2D eigenvalue weighted by atomic mass is 16.6. The van der Waals surface area contributed by atoms with E-state index in [1.165, 1.54) is 0 Å². The first-order chi connectivity index (χ1) is 8.43. The van der Waals surface area contributed by atoms with E-state index < -0.39 is 0 Å². The molecule has 3 rings (SSSR count). The molecule has 1 aliphatic heterocycles. The third kappa shape index (κ3) is 2.25. The molecule has 0 bridgehead atoms. The quantitative estimate of drug-likeness (QED) is 0.864. The molecule has 2 aromatic heterocycles. The molecule has 1 saturated heterocycles. The summed E-state index contributed by atoms with van der Waals surface area (Å²) in [6.07, 6.45) is 3.86. The Morgan fingerprint density at radius 1 is 1.41 bits per heavy atom. The van der Waals surface area contributed by atoms with Gasteiger partial charge in [0.25, 0.3) is 0 Å². The summed E-state index contributed by atoms with van der Waals surface area (Å²) in [6.45, 7) is 2.79. The zero-order chi connectivity index (χ0) is 11.5. The highest BCUT2D eigenvalue weighted by Gasteiger charge is 2.14. The van der Waals surface area contributed by atoms with Crippen molar-refractivity contribution in [2.24, 2.45) is 0 Å². The molecular weight excluding hydrogens is 218 g/mol. The van der Waals surface area contributed by atoms with Crippen molar-refractivity contribution in [3.63, 3.8) is 0 Å². The van der Waals surface area contributed by atoms with Crippen molar-refractivity contribution >= 4 is 11.5 Å². The summed E-state index contributed by atoms with van der Waals surface area (Å²) in [4.78, 5) is 4.24. The first-order valence-corrected chi connectivity index (χ1v) is 5.79. The molecule has 1 N–H and O–H groups in total. The van der Waals surface area contributed by atoms with Gasteiger partial charge < -0.3 is 14.8 Å². The van der Waals surface area contributed by atoms with Gasteiger partial charge in [-0.25, -0.2) is 4.98 Å². The Kier molecular flexibility index (Phi) is 2.94. The minimum atomic E-state index is 0.127. The second kappa shape index (κ2) is 4.73. The van der Waals surface area contributed by atoms with Crippen molar-refractivity contribution in [2.45, 2.75) is 6.10 Å². The van der Waals surface area contributed by atoms with Crippen molar-refractivity contribution in [3.8, 4) is 0 Å². The first-order valence-electron chi connectivity index (χ1n) is 5.79. The van der Waals surface area contributed by atoms with E-state index in [2.05, 4.69) is 10.3 Å². The van der Waals surface area contributed by atoms with Gasteiger partial charge in [-0.2, -0.15) is 0 Å². The average molecular weight is 233 g/mol. The van der Waals surface area contributed by atoms with Gasteiger partial charge in [0.1, 0.15) is 11.5 Å². The van der Waals surface area contributed by atoms with E-state index in [0.717, 1.165) is 18.0 Å². The molecule has 0 radical (unpaired) electrons. The molecule has 0 saturated carbocycles. The van der Waals surface area contributed by atoms with Crippen LogP contribution in [0.25, 0.3) is 5.65 Å². The van der Waals surface area contributed by atoms with Crippen LogP contribution in [0.2, 0.25) is 0 Å². The molecule has 0 aliphatic carbocycles. The molecule has 0 aromatic carbocycles. The van der Waals surface area contributed by atoms with E-state index in [9.17, 15) is 0 Å². The van der Waals surface area contributed by atoms with Gasteiger partial charge in [-0.1, -0.05) is 6.07 Å². The molecule has 1 fully saturated rings. The summed E-state index contributed by atoms with van der Waals surface area (Å²) in [5.74, 6) is 1.02. The Hall–Kier alpha value is -1.59. The summed E-state index contributed by atoms with van der Waals surface area (Å²) in [5.41, 5.74) is 0.941. The van der Waals surface area contributed by atoms with Gasteiger partial charge in [0, 0.05) is 18.9 Å². The second-order valence-corrected chi connectivity index (χ2v) is 4.02. The average Bonchev–Trinajstić information content (AvgIpc) is 2.86. The van der Waals surface area contributed by atoms with Gasteiger partial charge in [0.05, 0.1) is 25.9 Å². The minimum absolute atomic E-state index is 0.127. The van der Waals surface area contributed by atoms with Gasteiger partial charge in [0.2, 0.25) is 0 Å². The number of nitrogens with one attached hydrogen (secondary N) is 1. The van der Waals surface area contributed by atoms with Crippen LogP contribution >= 0.6 is 0 Å². The van der Waals surface area contributed by atoms with Crippen molar-refractivity contribution < 1.29 is 9.47 Å². The molecule has 0 amide bonds. The van der Waals surface area contributed by atoms with Crippen LogP contribution in [0, 0.1) is 0 Å². The summed E-state index contributed by atoms with van der Waals surface area (Å²) in [6, 6.07) is 5.99. The van der Waals surface area contributed by atoms with E-state index >= 15 is 0 Å². The molecule has 1 unspecified atom stereocenters. The Bertz CT molecular complexity index is 491. The van der Waals surface area contributed by atoms with Crippen LogP contribution in [0.4, 0.5) is 5.82 Å². The second-order valence-electron chi connectivity index (χ2n) is 4.02. The number of anilines is 1. The van der Waals surface area contributed by atoms with Gasteiger partial charge in [-0.3, -0.25) is 4.40 Å². The van der Waals surface area contributed by atoms with Crippen LogP contribution in [0.3, 0.4) is 0 Å². The van der Waals surface area contributed by atoms with E-state index in [0.29, 0.717) is 19.8 Å². The smallest absolute Gasteiger partial charge is 0.138 e. The molecule has 3 heterocycles. The molecule has 1 atom stereocenters. The predicted molar refractivity (Wildman–Crippen MR) is 64.2 cm³/mol. The minimum Gasteiger partial charge on any atom is -0.376 e. The zero-order valence-electron chi connectivity index (χ0n) is 9.50. The number of nitrogens with zero attached hydrogens (tertiary/aromatic N) is 2. The molecular formula is C12H15N3O2. The van der Waals surface area contributed by atoms with Crippen LogP contribution in [0.1, 0.15) is 0 Å². The third-order valence-electron chi connectivity index (χ3n) is 2.82. The normalized spacial score (nSPS) is 20.6. The highest BCUT2D eigenvalue weighted by molar-refractivity contribution is 5.49. The maximum Gasteiger partial charge on any atom is 0.138 e. The number of fused-ring (bicyclic) bond motifs is 1. The summed E-state index contributed by atoms with van der Waals surface area (Å²) in [5, 5.41) is 3.36. The Balaban J connectivity index is 1.69. The van der Waals surface area contributed by atoms with E-state index in [4.69, 9.17) is 9.47 Å². The number of aromatic nitrogens is 2. The summed E-state index contributed by atoms with van der Waals surface area (Å²) < 4.78 is 13.0. The largest absolute Gasteiger partial charge is 0.376 e. The van der Waals surface area contributed by atoms with Crippen LogP contribution in [-0.4, -0.2) is 41.9 Å². The third-order valence-corrected chi connectivity index (χ3v) is 2.82. The van der Waals surface area contributed by atoms with Gasteiger partial charge in [-0.15, -0.1) is 0 Å². The Morgan fingerprint density at radius 3 is 3.29 bits per heavy atom. The van der Waals surface area contributed by atoms with Crippen LogP contribution < -0.4 is 5.32 Å². The van der Waals surface area contributed by atoms with Gasteiger partial charge >= 0.3 is 0 Å². The van der Waals surface area contributed by atoms with Crippen molar-refractivity contribution in [3.05, 3.63) is 30.6 Å². The lowest BCUT2D eigenvalue weighted by atomic mass is 10.3. The lowest BCUT2D eigenvalue weighted by Crippen LogP contribution is -2.34. The van der Waals surface area contributed by atoms with Crippen LogP contribution in [-0.2, 0) is 9.47 Å². The number of hydrogen-bond donors (Lipinski definition) is 1. The lowest BCUT2D eigenvalue weighted by molar-refractivity contribution is -0.0819. The monoisotopic (exact) mass is 233 g/mol. The number of pyridine rings is 1. The molecule has 0 spiro atoms. The number of rotatable bonds is 3. The molecule has 5 nitrogen and oxygen atoms in total. The van der Waals surface area contributed by atoms with Gasteiger partial charge in [-0.05, 0) is 12.1 Å². The maximum atomic E-state index is 5.58. The molecule has 90 valence electrons. The number of ether oxygens (including phenoxy) is 2. The SMILES string of the molecule is c1cc(NCC2COCCO2)n2ccnc2c1. The lowest BCUT2D eigenvalue weighted by Gasteiger charge is -2.23. The van der Waals surface area contributed by atoms with Crippen molar-refractivity contribution in [1.82, 2.24) is 9.38 Å². The van der Waals surface area contributed by atoms with E-state index in [-0.39, 0.29) is 6.10 Å². The number of hydrogen-bond acceptors (Lipinski definition) is 4.